The van der Waals surface area contributed by atoms with Crippen molar-refractivity contribution >= 4 is 0 Å². The fourth-order valence-electron chi connectivity index (χ4n) is 2.19. The van der Waals surface area contributed by atoms with Gasteiger partial charge in [0.15, 0.2) is 5.82 Å². The molecular formula is C12H21N3O. The third-order valence-electron chi connectivity index (χ3n) is 3.24. The van der Waals surface area contributed by atoms with Crippen molar-refractivity contribution in [3.05, 3.63) is 11.7 Å². The van der Waals surface area contributed by atoms with E-state index in [1.54, 1.807) is 0 Å². The van der Waals surface area contributed by atoms with Gasteiger partial charge in [0.1, 0.15) is 0 Å². The predicted octanol–water partition coefficient (Wildman–Crippen LogP) is 2.18. The average molecular weight is 223 g/mol. The second-order valence-corrected chi connectivity index (χ2v) is 6.01. The van der Waals surface area contributed by atoms with Crippen LogP contribution in [-0.4, -0.2) is 15.7 Å². The van der Waals surface area contributed by atoms with E-state index in [1.807, 2.05) is 0 Å². The highest BCUT2D eigenvalue weighted by Gasteiger charge is 2.32. The van der Waals surface area contributed by atoms with Crippen LogP contribution in [-0.2, 0) is 11.8 Å². The van der Waals surface area contributed by atoms with Gasteiger partial charge in [0, 0.05) is 17.4 Å². The van der Waals surface area contributed by atoms with Crippen LogP contribution in [0.1, 0.15) is 58.2 Å². The summed E-state index contributed by atoms with van der Waals surface area (Å²) in [6, 6.07) is 0. The lowest BCUT2D eigenvalue weighted by molar-refractivity contribution is 0.323. The molecule has 0 aromatic carbocycles. The molecule has 0 radical (unpaired) electrons. The van der Waals surface area contributed by atoms with Gasteiger partial charge in [-0.05, 0) is 12.8 Å². The smallest absolute Gasteiger partial charge is 0.228 e. The topological polar surface area (TPSA) is 64.9 Å². The molecule has 1 aliphatic carbocycles. The van der Waals surface area contributed by atoms with Crippen molar-refractivity contribution in [2.24, 2.45) is 5.73 Å². The fraction of sp³-hybridized carbons (Fsp3) is 0.833. The Kier molecular flexibility index (Phi) is 2.78. The minimum Gasteiger partial charge on any atom is -0.339 e. The normalized spacial score (nSPS) is 20.2. The van der Waals surface area contributed by atoms with Crippen LogP contribution in [0.3, 0.4) is 0 Å². The maximum atomic E-state index is 6.28. The third kappa shape index (κ3) is 2.43. The van der Waals surface area contributed by atoms with Crippen molar-refractivity contribution in [3.8, 4) is 0 Å². The first kappa shape index (κ1) is 11.6. The molecule has 2 N–H and O–H groups in total. The Morgan fingerprint density at radius 1 is 1.31 bits per heavy atom. The number of nitrogens with two attached hydrogens (primary N) is 1. The van der Waals surface area contributed by atoms with Crippen LogP contribution in [0, 0.1) is 0 Å². The quantitative estimate of drug-likeness (QED) is 0.834. The lowest BCUT2D eigenvalue weighted by atomic mass is 9.94. The van der Waals surface area contributed by atoms with Crippen molar-refractivity contribution in [2.45, 2.75) is 63.8 Å². The zero-order chi connectivity index (χ0) is 11.8. The van der Waals surface area contributed by atoms with Crippen molar-refractivity contribution in [3.63, 3.8) is 0 Å². The monoisotopic (exact) mass is 223 g/mol. The summed E-state index contributed by atoms with van der Waals surface area (Å²) in [4.78, 5) is 4.43. The van der Waals surface area contributed by atoms with E-state index in [4.69, 9.17) is 10.3 Å². The Bertz CT molecular complexity index is 359. The highest BCUT2D eigenvalue weighted by Crippen LogP contribution is 2.30. The number of nitrogens with zero attached hydrogens (tertiary/aromatic N) is 2. The SMILES string of the molecule is CC(C)(C)c1noc(CC2(N)CCCC2)n1. The molecule has 4 heteroatoms. The fourth-order valence-corrected chi connectivity index (χ4v) is 2.19. The van der Waals surface area contributed by atoms with Gasteiger partial charge >= 0.3 is 0 Å². The van der Waals surface area contributed by atoms with Crippen molar-refractivity contribution in [1.29, 1.82) is 0 Å². The summed E-state index contributed by atoms with van der Waals surface area (Å²) in [7, 11) is 0. The van der Waals surface area contributed by atoms with Crippen molar-refractivity contribution < 1.29 is 4.52 Å². The largest absolute Gasteiger partial charge is 0.339 e. The summed E-state index contributed by atoms with van der Waals surface area (Å²) in [5, 5.41) is 4.02. The Hall–Kier alpha value is -0.900. The summed E-state index contributed by atoms with van der Waals surface area (Å²) in [5.74, 6) is 1.46. The Balaban J connectivity index is 2.08. The Morgan fingerprint density at radius 3 is 2.44 bits per heavy atom. The maximum absolute atomic E-state index is 6.28. The second kappa shape index (κ2) is 3.84. The molecule has 1 aromatic rings. The van der Waals surface area contributed by atoms with E-state index < -0.39 is 0 Å². The van der Waals surface area contributed by atoms with Gasteiger partial charge in [-0.15, -0.1) is 0 Å². The van der Waals surface area contributed by atoms with Crippen LogP contribution >= 0.6 is 0 Å². The number of rotatable bonds is 2. The van der Waals surface area contributed by atoms with Gasteiger partial charge in [0.25, 0.3) is 0 Å². The standard InChI is InChI=1S/C12H21N3O/c1-11(2,3)10-14-9(16-15-10)8-12(13)6-4-5-7-12/h4-8,13H2,1-3H3. The molecule has 16 heavy (non-hydrogen) atoms. The first-order valence-corrected chi connectivity index (χ1v) is 6.01. The maximum Gasteiger partial charge on any atom is 0.228 e. The lowest BCUT2D eigenvalue weighted by Gasteiger charge is -2.20. The molecule has 0 bridgehead atoms. The van der Waals surface area contributed by atoms with Crippen molar-refractivity contribution in [2.75, 3.05) is 0 Å². The lowest BCUT2D eigenvalue weighted by Crippen LogP contribution is -2.38. The van der Waals surface area contributed by atoms with E-state index in [2.05, 4.69) is 30.9 Å². The summed E-state index contributed by atoms with van der Waals surface area (Å²) in [6.45, 7) is 6.24. The molecule has 90 valence electrons. The first-order valence-electron chi connectivity index (χ1n) is 6.01. The summed E-state index contributed by atoms with van der Waals surface area (Å²) >= 11 is 0. The summed E-state index contributed by atoms with van der Waals surface area (Å²) in [6.07, 6.45) is 5.30. The van der Waals surface area contributed by atoms with E-state index in [0.29, 0.717) is 5.89 Å². The predicted molar refractivity (Wildman–Crippen MR) is 62.1 cm³/mol. The molecule has 0 atom stereocenters. The first-order chi connectivity index (χ1) is 7.39. The molecule has 0 saturated heterocycles. The van der Waals surface area contributed by atoms with E-state index >= 15 is 0 Å². The van der Waals surface area contributed by atoms with Gasteiger partial charge in [-0.25, -0.2) is 0 Å². The summed E-state index contributed by atoms with van der Waals surface area (Å²) < 4.78 is 5.28. The van der Waals surface area contributed by atoms with Gasteiger partial charge < -0.3 is 10.3 Å². The Morgan fingerprint density at radius 2 is 1.94 bits per heavy atom. The number of hydrogen-bond donors (Lipinski definition) is 1. The highest BCUT2D eigenvalue weighted by atomic mass is 16.5. The summed E-state index contributed by atoms with van der Waals surface area (Å²) in [5.41, 5.74) is 6.12. The number of hydrogen-bond acceptors (Lipinski definition) is 4. The van der Waals surface area contributed by atoms with Gasteiger partial charge in [-0.1, -0.05) is 38.8 Å². The van der Waals surface area contributed by atoms with Crippen LogP contribution in [0.4, 0.5) is 0 Å². The molecule has 1 aliphatic rings. The molecule has 2 rings (SSSR count). The minimum atomic E-state index is -0.109. The van der Waals surface area contributed by atoms with Crippen LogP contribution in [0.25, 0.3) is 0 Å². The molecular weight excluding hydrogens is 202 g/mol. The molecule has 0 unspecified atom stereocenters. The molecule has 1 heterocycles. The molecule has 0 spiro atoms. The van der Waals surface area contributed by atoms with Crippen LogP contribution in [0.15, 0.2) is 4.52 Å². The van der Waals surface area contributed by atoms with E-state index in [0.717, 1.165) is 25.1 Å². The van der Waals surface area contributed by atoms with E-state index in [9.17, 15) is 0 Å². The van der Waals surface area contributed by atoms with Gasteiger partial charge in [0.05, 0.1) is 0 Å². The van der Waals surface area contributed by atoms with E-state index in [1.165, 1.54) is 12.8 Å². The minimum absolute atomic E-state index is 0.0564. The zero-order valence-corrected chi connectivity index (χ0v) is 10.4. The van der Waals surface area contributed by atoms with Crippen LogP contribution < -0.4 is 5.73 Å². The third-order valence-corrected chi connectivity index (χ3v) is 3.24. The Labute approximate surface area is 96.6 Å². The average Bonchev–Trinajstić information content (AvgIpc) is 2.74. The zero-order valence-electron chi connectivity index (χ0n) is 10.4. The number of aromatic nitrogens is 2. The molecule has 4 nitrogen and oxygen atoms in total. The molecule has 1 aromatic heterocycles. The van der Waals surface area contributed by atoms with Crippen LogP contribution in [0.2, 0.25) is 0 Å². The van der Waals surface area contributed by atoms with Gasteiger partial charge in [-0.3, -0.25) is 0 Å². The van der Waals surface area contributed by atoms with Gasteiger partial charge in [-0.2, -0.15) is 4.98 Å². The second-order valence-electron chi connectivity index (χ2n) is 6.01. The van der Waals surface area contributed by atoms with Gasteiger partial charge in [0.2, 0.25) is 5.89 Å². The van der Waals surface area contributed by atoms with Crippen LogP contribution in [0.5, 0.6) is 0 Å². The molecule has 1 saturated carbocycles. The molecule has 1 fully saturated rings. The highest BCUT2D eigenvalue weighted by molar-refractivity contribution is 5.03. The molecule has 0 aliphatic heterocycles. The van der Waals surface area contributed by atoms with Crippen molar-refractivity contribution in [1.82, 2.24) is 10.1 Å². The van der Waals surface area contributed by atoms with E-state index in [-0.39, 0.29) is 11.0 Å². The molecule has 0 amide bonds.